The topological polar surface area (TPSA) is 23.6 Å². The molecule has 1 aromatic carbocycles. The fraction of sp³-hybridized carbons (Fsp3) is 0.720. The zero-order valence-corrected chi connectivity index (χ0v) is 18.7. The summed E-state index contributed by atoms with van der Waals surface area (Å²) in [6.45, 7) is 13.9. The summed E-state index contributed by atoms with van der Waals surface area (Å²) >= 11 is 0. The Morgan fingerprint density at radius 1 is 1.11 bits per heavy atom. The van der Waals surface area contributed by atoms with Gasteiger partial charge in [-0.2, -0.15) is 0 Å². The molecule has 1 aliphatic heterocycles. The zero-order chi connectivity index (χ0) is 20.3. The predicted molar refractivity (Wildman–Crippen MR) is 117 cm³/mol. The highest BCUT2D eigenvalue weighted by Crippen LogP contribution is 2.41. The molecule has 3 atom stereocenters. The van der Waals surface area contributed by atoms with Crippen LogP contribution in [0.2, 0.25) is 0 Å². The normalized spacial score (nSPS) is 26.1. The maximum atomic E-state index is 13.9. The van der Waals surface area contributed by atoms with E-state index < -0.39 is 0 Å². The summed E-state index contributed by atoms with van der Waals surface area (Å²) in [6.07, 6.45) is 6.42. The van der Waals surface area contributed by atoms with Crippen LogP contribution in [0.3, 0.4) is 0 Å². The molecule has 1 amide bonds. The molecule has 0 bridgehead atoms. The van der Waals surface area contributed by atoms with Gasteiger partial charge in [-0.3, -0.25) is 9.69 Å². The third-order valence-electron chi connectivity index (χ3n) is 6.66. The van der Waals surface area contributed by atoms with Crippen LogP contribution in [0.25, 0.3) is 0 Å². The van der Waals surface area contributed by atoms with Gasteiger partial charge in [0.25, 0.3) is 0 Å². The van der Waals surface area contributed by atoms with Crippen LogP contribution < -0.4 is 0 Å². The molecule has 0 radical (unpaired) electrons. The SMILES string of the molecule is CC(C)CN(Cc1ccccc1)C(=O)C1CC2CCCCC2CN1C(C)(C)C. The lowest BCUT2D eigenvalue weighted by molar-refractivity contribution is -0.145. The number of carbonyl (C=O) groups is 1. The first kappa shape index (κ1) is 21.4. The smallest absolute Gasteiger partial charge is 0.240 e. The molecule has 3 nitrogen and oxygen atoms in total. The fourth-order valence-corrected chi connectivity index (χ4v) is 5.29. The van der Waals surface area contributed by atoms with E-state index in [0.29, 0.717) is 11.8 Å². The highest BCUT2D eigenvalue weighted by atomic mass is 16.2. The van der Waals surface area contributed by atoms with E-state index in [2.05, 4.69) is 68.7 Å². The van der Waals surface area contributed by atoms with Crippen LogP contribution in [0.1, 0.15) is 72.3 Å². The molecule has 0 spiro atoms. The molecule has 156 valence electrons. The van der Waals surface area contributed by atoms with E-state index >= 15 is 0 Å². The molecule has 28 heavy (non-hydrogen) atoms. The molecular formula is C25H40N2O. The Morgan fingerprint density at radius 2 is 1.75 bits per heavy atom. The average Bonchev–Trinajstić information content (AvgIpc) is 2.65. The van der Waals surface area contributed by atoms with Crippen molar-refractivity contribution in [3.63, 3.8) is 0 Å². The number of amides is 1. The van der Waals surface area contributed by atoms with E-state index in [1.54, 1.807) is 0 Å². The Bertz CT molecular complexity index is 634. The van der Waals surface area contributed by atoms with Gasteiger partial charge >= 0.3 is 0 Å². The van der Waals surface area contributed by atoms with Crippen LogP contribution >= 0.6 is 0 Å². The number of rotatable bonds is 5. The lowest BCUT2D eigenvalue weighted by atomic mass is 9.71. The van der Waals surface area contributed by atoms with Crippen LogP contribution in [0.15, 0.2) is 30.3 Å². The van der Waals surface area contributed by atoms with Crippen molar-refractivity contribution >= 4 is 5.91 Å². The number of nitrogens with zero attached hydrogens (tertiary/aromatic N) is 2. The molecule has 3 unspecified atom stereocenters. The number of fused-ring (bicyclic) bond motifs is 1. The monoisotopic (exact) mass is 384 g/mol. The Hall–Kier alpha value is -1.35. The minimum atomic E-state index is 0.0268. The van der Waals surface area contributed by atoms with Gasteiger partial charge in [0.2, 0.25) is 5.91 Å². The van der Waals surface area contributed by atoms with E-state index in [4.69, 9.17) is 0 Å². The quantitative estimate of drug-likeness (QED) is 0.683. The number of hydrogen-bond acceptors (Lipinski definition) is 2. The molecule has 1 heterocycles. The van der Waals surface area contributed by atoms with Crippen LogP contribution in [-0.2, 0) is 11.3 Å². The van der Waals surface area contributed by atoms with Crippen LogP contribution in [0, 0.1) is 17.8 Å². The summed E-state index contributed by atoms with van der Waals surface area (Å²) < 4.78 is 0. The highest BCUT2D eigenvalue weighted by Gasteiger charge is 2.44. The molecule has 1 aliphatic carbocycles. The maximum Gasteiger partial charge on any atom is 0.240 e. The molecule has 1 aromatic rings. The summed E-state index contributed by atoms with van der Waals surface area (Å²) in [4.78, 5) is 18.5. The Morgan fingerprint density at radius 3 is 2.36 bits per heavy atom. The predicted octanol–water partition coefficient (Wildman–Crippen LogP) is 5.35. The summed E-state index contributed by atoms with van der Waals surface area (Å²) in [5.41, 5.74) is 1.25. The van der Waals surface area contributed by atoms with Crippen molar-refractivity contribution in [3.8, 4) is 0 Å². The zero-order valence-electron chi connectivity index (χ0n) is 18.7. The fourth-order valence-electron chi connectivity index (χ4n) is 5.29. The summed E-state index contributed by atoms with van der Waals surface area (Å²) in [7, 11) is 0. The summed E-state index contributed by atoms with van der Waals surface area (Å²) in [5.74, 6) is 2.34. The average molecular weight is 385 g/mol. The van der Waals surface area contributed by atoms with Crippen molar-refractivity contribution in [2.75, 3.05) is 13.1 Å². The van der Waals surface area contributed by atoms with Gasteiger partial charge in [-0.25, -0.2) is 0 Å². The molecular weight excluding hydrogens is 344 g/mol. The van der Waals surface area contributed by atoms with Crippen molar-refractivity contribution in [3.05, 3.63) is 35.9 Å². The molecule has 0 N–H and O–H groups in total. The molecule has 2 fully saturated rings. The van der Waals surface area contributed by atoms with E-state index in [0.717, 1.165) is 37.9 Å². The number of likely N-dealkylation sites (tertiary alicyclic amines) is 1. The third kappa shape index (κ3) is 5.17. The first-order valence-electron chi connectivity index (χ1n) is 11.3. The minimum Gasteiger partial charge on any atom is -0.337 e. The largest absolute Gasteiger partial charge is 0.337 e. The second-order valence-electron chi connectivity index (χ2n) is 10.5. The first-order chi connectivity index (χ1) is 13.3. The molecule has 3 heteroatoms. The second-order valence-corrected chi connectivity index (χ2v) is 10.5. The van der Waals surface area contributed by atoms with Gasteiger partial charge in [0.15, 0.2) is 0 Å². The minimum absolute atomic E-state index is 0.0268. The number of benzene rings is 1. The summed E-state index contributed by atoms with van der Waals surface area (Å²) in [6, 6.07) is 10.5. The lowest BCUT2D eigenvalue weighted by Crippen LogP contribution is -2.61. The standard InChI is InChI=1S/C25H40N2O/c1-19(2)16-26(17-20-11-7-6-8-12-20)24(28)23-15-21-13-9-10-14-22(21)18-27(23)25(3,4)5/h6-8,11-12,19,21-23H,9-10,13-18H2,1-5H3. The van der Waals surface area contributed by atoms with Gasteiger partial charge in [-0.15, -0.1) is 0 Å². The molecule has 1 saturated carbocycles. The van der Waals surface area contributed by atoms with Gasteiger partial charge in [0.05, 0.1) is 6.04 Å². The van der Waals surface area contributed by atoms with Crippen molar-refractivity contribution in [2.24, 2.45) is 17.8 Å². The van der Waals surface area contributed by atoms with Gasteiger partial charge in [0, 0.05) is 25.2 Å². The van der Waals surface area contributed by atoms with Crippen molar-refractivity contribution in [2.45, 2.75) is 84.8 Å². The van der Waals surface area contributed by atoms with Gasteiger partial charge in [-0.1, -0.05) is 63.4 Å². The Labute approximate surface area is 172 Å². The second kappa shape index (κ2) is 8.98. The molecule has 2 aliphatic rings. The van der Waals surface area contributed by atoms with Crippen LogP contribution in [0.5, 0.6) is 0 Å². The van der Waals surface area contributed by atoms with E-state index in [1.807, 2.05) is 6.07 Å². The Kier molecular flexibility index (Phi) is 6.85. The number of carbonyl (C=O) groups excluding carboxylic acids is 1. The first-order valence-corrected chi connectivity index (χ1v) is 11.3. The maximum absolute atomic E-state index is 13.9. The molecule has 0 aromatic heterocycles. The van der Waals surface area contributed by atoms with Crippen molar-refractivity contribution in [1.29, 1.82) is 0 Å². The van der Waals surface area contributed by atoms with Gasteiger partial charge in [-0.05, 0) is 56.9 Å². The molecule has 3 rings (SSSR count). The number of piperidine rings is 1. The van der Waals surface area contributed by atoms with Crippen molar-refractivity contribution < 1.29 is 4.79 Å². The highest BCUT2D eigenvalue weighted by molar-refractivity contribution is 5.82. The van der Waals surface area contributed by atoms with Gasteiger partial charge < -0.3 is 4.90 Å². The Balaban J connectivity index is 1.83. The van der Waals surface area contributed by atoms with E-state index in [9.17, 15) is 4.79 Å². The van der Waals surface area contributed by atoms with Crippen LogP contribution in [0.4, 0.5) is 0 Å². The van der Waals surface area contributed by atoms with Crippen molar-refractivity contribution in [1.82, 2.24) is 9.80 Å². The van der Waals surface area contributed by atoms with E-state index in [1.165, 1.54) is 31.2 Å². The summed E-state index contributed by atoms with van der Waals surface area (Å²) in [5, 5.41) is 0. The lowest BCUT2D eigenvalue weighted by Gasteiger charge is -2.51. The van der Waals surface area contributed by atoms with Crippen LogP contribution in [-0.4, -0.2) is 40.4 Å². The molecule has 1 saturated heterocycles. The van der Waals surface area contributed by atoms with Gasteiger partial charge in [0.1, 0.15) is 0 Å². The van der Waals surface area contributed by atoms with E-state index in [-0.39, 0.29) is 11.6 Å². The number of hydrogen-bond donors (Lipinski definition) is 0. The third-order valence-corrected chi connectivity index (χ3v) is 6.66.